The Hall–Kier alpha value is -2.82. The van der Waals surface area contributed by atoms with Crippen molar-refractivity contribution >= 4 is 33.4 Å². The molecule has 9 nitrogen and oxygen atoms in total. The molecule has 2 aromatic carbocycles. The number of ether oxygens (including phenoxy) is 2. The van der Waals surface area contributed by atoms with Gasteiger partial charge in [-0.3, -0.25) is 20.4 Å². The number of hydrogen-bond acceptors (Lipinski definition) is 6. The summed E-state index contributed by atoms with van der Waals surface area (Å²) in [6.07, 6.45) is 0. The van der Waals surface area contributed by atoms with Gasteiger partial charge in [0.1, 0.15) is 0 Å². The number of nitrogens with one attached hydrogen (secondary N) is 2. The summed E-state index contributed by atoms with van der Waals surface area (Å²) in [7, 11) is -2.37. The predicted octanol–water partition coefficient (Wildman–Crippen LogP) is 2.61. The minimum atomic E-state index is -3.81. The first-order chi connectivity index (χ1) is 15.1. The molecule has 2 N–H and O–H groups in total. The molecular weight excluding hydrogens is 458 g/mol. The van der Waals surface area contributed by atoms with Gasteiger partial charge in [-0.05, 0) is 51.1 Å². The van der Waals surface area contributed by atoms with E-state index in [9.17, 15) is 18.0 Å². The summed E-state index contributed by atoms with van der Waals surface area (Å²) in [5, 5.41) is 0.0322. The number of halogens is 1. The molecule has 0 aliphatic rings. The van der Waals surface area contributed by atoms with Crippen molar-refractivity contribution in [3.8, 4) is 11.5 Å². The Morgan fingerprint density at radius 2 is 1.69 bits per heavy atom. The maximum absolute atomic E-state index is 12.7. The second-order valence-corrected chi connectivity index (χ2v) is 9.33. The fraction of sp³-hybridized carbons (Fsp3) is 0.333. The predicted molar refractivity (Wildman–Crippen MR) is 120 cm³/mol. The third-order valence-electron chi connectivity index (χ3n) is 4.41. The third kappa shape index (κ3) is 6.35. The number of para-hydroxylation sites is 2. The molecule has 32 heavy (non-hydrogen) atoms. The van der Waals surface area contributed by atoms with Crippen molar-refractivity contribution in [3.05, 3.63) is 53.1 Å². The number of hydrazine groups is 1. The molecule has 174 valence electrons. The molecule has 0 bridgehead atoms. The van der Waals surface area contributed by atoms with Gasteiger partial charge in [-0.1, -0.05) is 23.7 Å². The van der Waals surface area contributed by atoms with E-state index in [1.165, 1.54) is 23.5 Å². The first-order valence-corrected chi connectivity index (χ1v) is 11.6. The summed E-state index contributed by atoms with van der Waals surface area (Å²) in [5.74, 6) is -0.541. The second kappa shape index (κ2) is 11.2. The van der Waals surface area contributed by atoms with Crippen LogP contribution in [0.1, 0.15) is 31.1 Å². The molecule has 0 atom stereocenters. The Morgan fingerprint density at radius 1 is 1.06 bits per heavy atom. The molecular formula is C21H26ClN3O6S. The first kappa shape index (κ1) is 25.4. The van der Waals surface area contributed by atoms with Gasteiger partial charge < -0.3 is 9.47 Å². The summed E-state index contributed by atoms with van der Waals surface area (Å²) in [5.41, 5.74) is 4.31. The van der Waals surface area contributed by atoms with Crippen LogP contribution in [-0.4, -0.2) is 50.8 Å². The summed E-state index contributed by atoms with van der Waals surface area (Å²) < 4.78 is 37.4. The highest BCUT2D eigenvalue weighted by atomic mass is 35.5. The molecule has 0 heterocycles. The van der Waals surface area contributed by atoms with Gasteiger partial charge in [-0.25, -0.2) is 8.42 Å². The number of benzene rings is 2. The number of hydrogen-bond donors (Lipinski definition) is 2. The number of nitrogens with zero attached hydrogens (tertiary/aromatic N) is 1. The summed E-state index contributed by atoms with van der Waals surface area (Å²) in [4.78, 5) is 24.5. The Bertz CT molecular complexity index is 1070. The van der Waals surface area contributed by atoms with Gasteiger partial charge in [0.05, 0.1) is 22.1 Å². The van der Waals surface area contributed by atoms with Crippen molar-refractivity contribution in [1.29, 1.82) is 0 Å². The molecule has 0 saturated heterocycles. The van der Waals surface area contributed by atoms with Crippen LogP contribution in [0.15, 0.2) is 47.4 Å². The van der Waals surface area contributed by atoms with E-state index < -0.39 is 21.8 Å². The monoisotopic (exact) mass is 483 g/mol. The second-order valence-electron chi connectivity index (χ2n) is 6.93. The largest absolute Gasteiger partial charge is 0.490 e. The van der Waals surface area contributed by atoms with Crippen LogP contribution in [0.2, 0.25) is 5.02 Å². The minimum Gasteiger partial charge on any atom is -0.490 e. The molecule has 0 aromatic heterocycles. The van der Waals surface area contributed by atoms with Crippen LogP contribution in [-0.2, 0) is 14.8 Å². The third-order valence-corrected chi connectivity index (χ3v) is 6.77. The van der Waals surface area contributed by atoms with E-state index in [0.717, 1.165) is 6.07 Å². The van der Waals surface area contributed by atoms with E-state index in [0.29, 0.717) is 18.1 Å². The van der Waals surface area contributed by atoms with Gasteiger partial charge in [0.15, 0.2) is 18.1 Å². The lowest BCUT2D eigenvalue weighted by Gasteiger charge is -2.21. The number of rotatable bonds is 9. The van der Waals surface area contributed by atoms with Gasteiger partial charge in [0.2, 0.25) is 10.0 Å². The Kier molecular flexibility index (Phi) is 8.88. The molecule has 0 unspecified atom stereocenters. The lowest BCUT2D eigenvalue weighted by atomic mass is 10.2. The van der Waals surface area contributed by atoms with Crippen LogP contribution < -0.4 is 20.3 Å². The summed E-state index contributed by atoms with van der Waals surface area (Å²) >= 11 is 6.07. The fourth-order valence-electron chi connectivity index (χ4n) is 2.50. The van der Waals surface area contributed by atoms with Crippen molar-refractivity contribution in [2.24, 2.45) is 0 Å². The van der Waals surface area contributed by atoms with Crippen molar-refractivity contribution in [2.75, 3.05) is 20.3 Å². The van der Waals surface area contributed by atoms with Crippen molar-refractivity contribution < 1.29 is 27.5 Å². The molecule has 2 aromatic rings. The minimum absolute atomic E-state index is 0.0322. The number of sulfonamides is 1. The quantitative estimate of drug-likeness (QED) is 0.530. The maximum Gasteiger partial charge on any atom is 0.276 e. The highest BCUT2D eigenvalue weighted by molar-refractivity contribution is 7.89. The van der Waals surface area contributed by atoms with E-state index in [-0.39, 0.29) is 28.1 Å². The molecule has 0 fully saturated rings. The lowest BCUT2D eigenvalue weighted by Crippen LogP contribution is -2.44. The smallest absolute Gasteiger partial charge is 0.276 e. The summed E-state index contributed by atoms with van der Waals surface area (Å²) in [6, 6.07) is 10.4. The van der Waals surface area contributed by atoms with E-state index in [4.69, 9.17) is 21.1 Å². The number of amides is 2. The molecule has 0 aliphatic heterocycles. The topological polar surface area (TPSA) is 114 Å². The highest BCUT2D eigenvalue weighted by Gasteiger charge is 2.25. The van der Waals surface area contributed by atoms with Crippen LogP contribution in [0.3, 0.4) is 0 Å². The zero-order valence-electron chi connectivity index (χ0n) is 18.2. The van der Waals surface area contributed by atoms with Crippen molar-refractivity contribution in [1.82, 2.24) is 15.2 Å². The number of carbonyl (C=O) groups excluding carboxylic acids is 2. The van der Waals surface area contributed by atoms with E-state index in [1.54, 1.807) is 38.1 Å². The van der Waals surface area contributed by atoms with E-state index >= 15 is 0 Å². The fourth-order valence-corrected chi connectivity index (χ4v) is 4.10. The van der Waals surface area contributed by atoms with Crippen LogP contribution in [0, 0.1) is 0 Å². The zero-order valence-corrected chi connectivity index (χ0v) is 19.8. The average Bonchev–Trinajstić information content (AvgIpc) is 2.76. The van der Waals surface area contributed by atoms with E-state index in [2.05, 4.69) is 10.9 Å². The molecule has 11 heteroatoms. The normalized spacial score (nSPS) is 11.3. The van der Waals surface area contributed by atoms with Gasteiger partial charge >= 0.3 is 0 Å². The Balaban J connectivity index is 2.03. The SMILES string of the molecule is CCOc1ccccc1OCC(=O)NNC(=O)c1cc(S(=O)(=O)N(C)C(C)C)ccc1Cl. The average molecular weight is 484 g/mol. The molecule has 2 amide bonds. The van der Waals surface area contributed by atoms with Crippen molar-refractivity contribution in [3.63, 3.8) is 0 Å². The van der Waals surface area contributed by atoms with Gasteiger partial charge in [-0.2, -0.15) is 4.31 Å². The number of carbonyl (C=O) groups is 2. The lowest BCUT2D eigenvalue weighted by molar-refractivity contribution is -0.123. The molecule has 0 saturated carbocycles. The Morgan fingerprint density at radius 3 is 2.28 bits per heavy atom. The zero-order chi connectivity index (χ0) is 23.9. The molecule has 2 rings (SSSR count). The van der Waals surface area contributed by atoms with Crippen molar-refractivity contribution in [2.45, 2.75) is 31.7 Å². The standard InChI is InChI=1S/C21H26ClN3O6S/c1-5-30-18-8-6-7-9-19(18)31-13-20(26)23-24-21(27)16-12-15(10-11-17(16)22)32(28,29)25(4)14(2)3/h6-12,14H,5,13H2,1-4H3,(H,23,26)(H,24,27). The van der Waals surface area contributed by atoms with Crippen LogP contribution in [0.25, 0.3) is 0 Å². The maximum atomic E-state index is 12.7. The van der Waals surface area contributed by atoms with Crippen LogP contribution in [0.5, 0.6) is 11.5 Å². The molecule has 0 aliphatic carbocycles. The van der Waals surface area contributed by atoms with E-state index in [1.807, 2.05) is 6.92 Å². The van der Waals surface area contributed by atoms with Gasteiger partial charge in [0, 0.05) is 13.1 Å². The molecule has 0 spiro atoms. The van der Waals surface area contributed by atoms with Crippen LogP contribution in [0.4, 0.5) is 0 Å². The highest BCUT2D eigenvalue weighted by Crippen LogP contribution is 2.26. The molecule has 0 radical (unpaired) electrons. The van der Waals surface area contributed by atoms with Gasteiger partial charge in [0.25, 0.3) is 11.8 Å². The summed E-state index contributed by atoms with van der Waals surface area (Å²) in [6.45, 7) is 5.33. The van der Waals surface area contributed by atoms with Crippen LogP contribution >= 0.6 is 11.6 Å². The first-order valence-electron chi connectivity index (χ1n) is 9.79. The Labute approximate surface area is 192 Å². The van der Waals surface area contributed by atoms with Gasteiger partial charge in [-0.15, -0.1) is 0 Å².